The summed E-state index contributed by atoms with van der Waals surface area (Å²) in [5.41, 5.74) is 6.21. The lowest BCUT2D eigenvalue weighted by molar-refractivity contribution is 0.309. The molecule has 0 aliphatic heterocycles. The van der Waals surface area contributed by atoms with Crippen LogP contribution < -0.4 is 10.5 Å². The summed E-state index contributed by atoms with van der Waals surface area (Å²) in [6, 6.07) is 7.47. The first-order chi connectivity index (χ1) is 10.2. The number of rotatable bonds is 7. The molecule has 0 saturated carbocycles. The molecule has 0 bridgehead atoms. The van der Waals surface area contributed by atoms with Gasteiger partial charge in [-0.2, -0.15) is 4.80 Å². The molecule has 1 aromatic heterocycles. The van der Waals surface area contributed by atoms with Gasteiger partial charge in [-0.25, -0.2) is 0 Å². The summed E-state index contributed by atoms with van der Waals surface area (Å²) < 4.78 is 5.59. The number of tetrazole rings is 1. The van der Waals surface area contributed by atoms with E-state index in [9.17, 15) is 0 Å². The first kappa shape index (κ1) is 14.8. The average Bonchev–Trinajstić information content (AvgIpc) is 2.96. The third-order valence-corrected chi connectivity index (χ3v) is 2.76. The molecular formula is C13H18N6O2. The Morgan fingerprint density at radius 2 is 2.14 bits per heavy atom. The number of benzene rings is 1. The predicted molar refractivity (Wildman–Crippen MR) is 77.1 cm³/mol. The van der Waals surface area contributed by atoms with Gasteiger partial charge in [0.15, 0.2) is 5.84 Å². The Balaban J connectivity index is 2.01. The number of oxime groups is 1. The van der Waals surface area contributed by atoms with Crippen LogP contribution in [0.5, 0.6) is 5.75 Å². The van der Waals surface area contributed by atoms with Crippen LogP contribution >= 0.6 is 0 Å². The van der Waals surface area contributed by atoms with E-state index in [2.05, 4.69) is 27.5 Å². The van der Waals surface area contributed by atoms with Crippen molar-refractivity contribution >= 4 is 5.84 Å². The van der Waals surface area contributed by atoms with Gasteiger partial charge in [0.2, 0.25) is 5.82 Å². The number of nitrogens with zero attached hydrogens (tertiary/aromatic N) is 5. The highest BCUT2D eigenvalue weighted by Gasteiger charge is 2.07. The van der Waals surface area contributed by atoms with Crippen molar-refractivity contribution < 1.29 is 9.94 Å². The Labute approximate surface area is 122 Å². The van der Waals surface area contributed by atoms with Crippen molar-refractivity contribution in [1.29, 1.82) is 0 Å². The minimum Gasteiger partial charge on any atom is -0.494 e. The monoisotopic (exact) mass is 290 g/mol. The maximum absolute atomic E-state index is 8.50. The summed E-state index contributed by atoms with van der Waals surface area (Å²) in [5, 5.41) is 23.3. The van der Waals surface area contributed by atoms with Gasteiger partial charge in [0.05, 0.1) is 6.61 Å². The summed E-state index contributed by atoms with van der Waals surface area (Å²) in [5.74, 6) is 1.30. The minimum absolute atomic E-state index is 0.0126. The van der Waals surface area contributed by atoms with Crippen LogP contribution in [-0.4, -0.2) is 37.9 Å². The molecule has 0 radical (unpaired) electrons. The van der Waals surface area contributed by atoms with E-state index < -0.39 is 0 Å². The van der Waals surface area contributed by atoms with E-state index >= 15 is 0 Å². The normalized spacial score (nSPS) is 11.6. The molecule has 0 unspecified atom stereocenters. The summed E-state index contributed by atoms with van der Waals surface area (Å²) in [7, 11) is 0. The van der Waals surface area contributed by atoms with E-state index in [1.54, 1.807) is 0 Å². The van der Waals surface area contributed by atoms with E-state index in [-0.39, 0.29) is 12.4 Å². The molecule has 112 valence electrons. The number of hydrogen-bond acceptors (Lipinski definition) is 6. The summed E-state index contributed by atoms with van der Waals surface area (Å²) in [6.45, 7) is 2.92. The molecule has 8 heteroatoms. The molecule has 1 heterocycles. The molecule has 0 fully saturated rings. The van der Waals surface area contributed by atoms with Gasteiger partial charge < -0.3 is 15.7 Å². The zero-order valence-corrected chi connectivity index (χ0v) is 11.8. The second kappa shape index (κ2) is 7.22. The summed E-state index contributed by atoms with van der Waals surface area (Å²) in [4.78, 5) is 1.26. The van der Waals surface area contributed by atoms with Crippen LogP contribution in [0, 0.1) is 0 Å². The highest BCUT2D eigenvalue weighted by Crippen LogP contribution is 2.18. The van der Waals surface area contributed by atoms with E-state index in [4.69, 9.17) is 15.7 Å². The van der Waals surface area contributed by atoms with Gasteiger partial charge in [-0.15, -0.1) is 10.2 Å². The first-order valence-corrected chi connectivity index (χ1v) is 6.70. The second-order valence-corrected chi connectivity index (χ2v) is 4.46. The fourth-order valence-corrected chi connectivity index (χ4v) is 1.64. The van der Waals surface area contributed by atoms with Crippen LogP contribution in [0.25, 0.3) is 11.4 Å². The van der Waals surface area contributed by atoms with Crippen LogP contribution in [0.15, 0.2) is 29.4 Å². The van der Waals surface area contributed by atoms with E-state index in [1.807, 2.05) is 24.3 Å². The lowest BCUT2D eigenvalue weighted by atomic mass is 10.2. The molecule has 0 amide bonds. The Morgan fingerprint density at radius 1 is 1.38 bits per heavy atom. The number of hydrogen-bond donors (Lipinski definition) is 2. The van der Waals surface area contributed by atoms with Gasteiger partial charge in [0, 0.05) is 5.56 Å². The van der Waals surface area contributed by atoms with Crippen molar-refractivity contribution in [2.24, 2.45) is 10.9 Å². The van der Waals surface area contributed by atoms with Crippen molar-refractivity contribution in [3.05, 3.63) is 24.3 Å². The van der Waals surface area contributed by atoms with Crippen LogP contribution in [0.2, 0.25) is 0 Å². The quantitative estimate of drug-likeness (QED) is 0.261. The molecule has 0 atom stereocenters. The van der Waals surface area contributed by atoms with Gasteiger partial charge in [0.1, 0.15) is 12.3 Å². The smallest absolute Gasteiger partial charge is 0.204 e. The van der Waals surface area contributed by atoms with Gasteiger partial charge in [-0.1, -0.05) is 18.5 Å². The highest BCUT2D eigenvalue weighted by molar-refractivity contribution is 5.79. The summed E-state index contributed by atoms with van der Waals surface area (Å²) in [6.07, 6.45) is 2.14. The third-order valence-electron chi connectivity index (χ3n) is 2.76. The standard InChI is InChI=1S/C13H18N6O2/c1-2-3-8-21-11-6-4-10(5-7-11)13-15-18-19(16-13)9-12(14)17-20/h4-7,20H,2-3,8-9H2,1H3,(H2,14,17). The zero-order valence-electron chi connectivity index (χ0n) is 11.8. The SMILES string of the molecule is CCCCOc1ccc(-c2nnn(C/C(N)=N/O)n2)cc1. The molecule has 1 aromatic carbocycles. The fourth-order valence-electron chi connectivity index (χ4n) is 1.64. The predicted octanol–water partition coefficient (Wildman–Crippen LogP) is 1.27. The van der Waals surface area contributed by atoms with Crippen LogP contribution in [0.1, 0.15) is 19.8 Å². The Morgan fingerprint density at radius 3 is 2.81 bits per heavy atom. The van der Waals surface area contributed by atoms with E-state index in [0.717, 1.165) is 24.2 Å². The maximum Gasteiger partial charge on any atom is 0.204 e. The second-order valence-electron chi connectivity index (χ2n) is 4.46. The summed E-state index contributed by atoms with van der Waals surface area (Å²) >= 11 is 0. The van der Waals surface area contributed by atoms with Crippen molar-refractivity contribution in [1.82, 2.24) is 20.2 Å². The van der Waals surface area contributed by atoms with Crippen LogP contribution in [0.3, 0.4) is 0 Å². The highest BCUT2D eigenvalue weighted by atomic mass is 16.5. The molecule has 2 aromatic rings. The van der Waals surface area contributed by atoms with Gasteiger partial charge in [-0.3, -0.25) is 0 Å². The Bertz CT molecular complexity index is 593. The maximum atomic E-state index is 8.50. The molecule has 0 aliphatic rings. The Kier molecular flexibility index (Phi) is 5.08. The van der Waals surface area contributed by atoms with Crippen LogP contribution in [-0.2, 0) is 6.54 Å². The van der Waals surface area contributed by atoms with Crippen LogP contribution in [0.4, 0.5) is 0 Å². The molecule has 21 heavy (non-hydrogen) atoms. The molecule has 3 N–H and O–H groups in total. The van der Waals surface area contributed by atoms with E-state index in [0.29, 0.717) is 12.4 Å². The molecule has 0 saturated heterocycles. The lowest BCUT2D eigenvalue weighted by Crippen LogP contribution is -2.21. The van der Waals surface area contributed by atoms with Crippen molar-refractivity contribution in [3.63, 3.8) is 0 Å². The molecule has 0 spiro atoms. The number of ether oxygens (including phenoxy) is 1. The fraction of sp³-hybridized carbons (Fsp3) is 0.385. The minimum atomic E-state index is 0.0126. The van der Waals surface area contributed by atoms with Gasteiger partial charge >= 0.3 is 0 Å². The number of amidine groups is 1. The first-order valence-electron chi connectivity index (χ1n) is 6.70. The topological polar surface area (TPSA) is 111 Å². The largest absolute Gasteiger partial charge is 0.494 e. The number of aromatic nitrogens is 4. The molecular weight excluding hydrogens is 272 g/mol. The van der Waals surface area contributed by atoms with Crippen molar-refractivity contribution in [2.75, 3.05) is 6.61 Å². The van der Waals surface area contributed by atoms with Gasteiger partial charge in [0.25, 0.3) is 0 Å². The molecule has 0 aliphatic carbocycles. The lowest BCUT2D eigenvalue weighted by Gasteiger charge is -2.05. The third kappa shape index (κ3) is 4.16. The molecule has 2 rings (SSSR count). The van der Waals surface area contributed by atoms with E-state index in [1.165, 1.54) is 4.80 Å². The average molecular weight is 290 g/mol. The number of nitrogens with two attached hydrogens (primary N) is 1. The molecule has 8 nitrogen and oxygen atoms in total. The van der Waals surface area contributed by atoms with Crippen molar-refractivity contribution in [2.45, 2.75) is 26.3 Å². The Hall–Kier alpha value is -2.64. The van der Waals surface area contributed by atoms with Gasteiger partial charge in [-0.05, 0) is 35.9 Å². The number of unbranched alkanes of at least 4 members (excludes halogenated alkanes) is 1. The van der Waals surface area contributed by atoms with Crippen molar-refractivity contribution in [3.8, 4) is 17.1 Å². The zero-order chi connectivity index (χ0) is 15.1.